The zero-order chi connectivity index (χ0) is 15.6. The molecule has 2 aromatic rings. The van der Waals surface area contributed by atoms with Crippen molar-refractivity contribution in [3.63, 3.8) is 0 Å². The molecular weight excluding hydrogens is 401 g/mol. The molecule has 0 spiro atoms. The summed E-state index contributed by atoms with van der Waals surface area (Å²) in [5.74, 6) is 0.784. The third-order valence-electron chi connectivity index (χ3n) is 3.32. The van der Waals surface area contributed by atoms with E-state index in [2.05, 4.69) is 44.7 Å². The van der Waals surface area contributed by atoms with Gasteiger partial charge in [0.1, 0.15) is 0 Å². The first-order valence-electron chi connectivity index (χ1n) is 7.40. The maximum Gasteiger partial charge on any atom is 0.191 e. The van der Waals surface area contributed by atoms with E-state index in [0.29, 0.717) is 6.54 Å². The highest BCUT2D eigenvalue weighted by Crippen LogP contribution is 2.09. The number of halogens is 1. The second kappa shape index (κ2) is 10.8. The Balaban J connectivity index is 0.00000264. The third kappa shape index (κ3) is 6.85. The van der Waals surface area contributed by atoms with Gasteiger partial charge in [-0.2, -0.15) is 0 Å². The van der Waals surface area contributed by atoms with Crippen LogP contribution in [-0.4, -0.2) is 38.1 Å². The molecule has 5 nitrogen and oxygen atoms in total. The van der Waals surface area contributed by atoms with Crippen molar-refractivity contribution >= 4 is 35.6 Å². The van der Waals surface area contributed by atoms with Crippen molar-refractivity contribution in [3.8, 4) is 0 Å². The second-order valence-corrected chi connectivity index (χ2v) is 4.93. The molecule has 23 heavy (non-hydrogen) atoms. The van der Waals surface area contributed by atoms with Gasteiger partial charge in [-0.05, 0) is 24.3 Å². The number of nitrogens with one attached hydrogen (secondary N) is 2. The lowest BCUT2D eigenvalue weighted by atomic mass is 10.3. The Labute approximate surface area is 155 Å². The molecule has 2 rings (SSSR count). The van der Waals surface area contributed by atoms with Gasteiger partial charge in [-0.1, -0.05) is 24.3 Å². The molecule has 1 aromatic heterocycles. The van der Waals surface area contributed by atoms with E-state index >= 15 is 0 Å². The van der Waals surface area contributed by atoms with Gasteiger partial charge in [-0.3, -0.25) is 9.98 Å². The molecule has 0 saturated carbocycles. The fraction of sp³-hybridized carbons (Fsp3) is 0.294. The fourth-order valence-corrected chi connectivity index (χ4v) is 2.05. The first-order valence-corrected chi connectivity index (χ1v) is 7.40. The summed E-state index contributed by atoms with van der Waals surface area (Å²) >= 11 is 0. The quantitative estimate of drug-likeness (QED) is 0.424. The van der Waals surface area contributed by atoms with Crippen LogP contribution in [0.2, 0.25) is 0 Å². The van der Waals surface area contributed by atoms with Crippen LogP contribution in [-0.2, 0) is 6.54 Å². The number of aliphatic imine (C=N–C) groups is 1. The molecule has 0 aliphatic rings. The third-order valence-corrected chi connectivity index (χ3v) is 3.32. The van der Waals surface area contributed by atoms with E-state index in [9.17, 15) is 0 Å². The highest BCUT2D eigenvalue weighted by Gasteiger charge is 2.01. The van der Waals surface area contributed by atoms with Gasteiger partial charge in [0.05, 0.1) is 12.2 Å². The van der Waals surface area contributed by atoms with Gasteiger partial charge in [0.2, 0.25) is 0 Å². The minimum Gasteiger partial charge on any atom is -0.373 e. The standard InChI is InChI=1S/C17H23N5.HI/c1-18-17(21-14-15-8-6-7-11-19-15)20-12-13-22(2)16-9-4-3-5-10-16;/h3-11H,12-14H2,1-2H3,(H2,18,20,21);1H. The molecule has 0 radical (unpaired) electrons. The van der Waals surface area contributed by atoms with Gasteiger partial charge < -0.3 is 15.5 Å². The first-order chi connectivity index (χ1) is 10.8. The molecule has 0 saturated heterocycles. The molecular formula is C17H24IN5. The highest BCUT2D eigenvalue weighted by atomic mass is 127. The fourth-order valence-electron chi connectivity index (χ4n) is 2.05. The van der Waals surface area contributed by atoms with Crippen molar-refractivity contribution in [2.75, 3.05) is 32.1 Å². The minimum atomic E-state index is 0. The van der Waals surface area contributed by atoms with Crippen LogP contribution in [0, 0.1) is 0 Å². The van der Waals surface area contributed by atoms with Gasteiger partial charge >= 0.3 is 0 Å². The summed E-state index contributed by atoms with van der Waals surface area (Å²) in [6, 6.07) is 16.2. The number of aromatic nitrogens is 1. The number of hydrogen-bond donors (Lipinski definition) is 2. The monoisotopic (exact) mass is 425 g/mol. The number of nitrogens with zero attached hydrogens (tertiary/aromatic N) is 3. The van der Waals surface area contributed by atoms with E-state index in [0.717, 1.165) is 24.7 Å². The van der Waals surface area contributed by atoms with E-state index in [1.165, 1.54) is 5.69 Å². The molecule has 0 unspecified atom stereocenters. The number of guanidine groups is 1. The van der Waals surface area contributed by atoms with E-state index in [4.69, 9.17) is 0 Å². The lowest BCUT2D eigenvalue weighted by Crippen LogP contribution is -2.40. The van der Waals surface area contributed by atoms with Crippen molar-refractivity contribution < 1.29 is 0 Å². The van der Waals surface area contributed by atoms with Crippen LogP contribution in [0.4, 0.5) is 5.69 Å². The lowest BCUT2D eigenvalue weighted by Gasteiger charge is -2.20. The van der Waals surface area contributed by atoms with Crippen LogP contribution in [0.3, 0.4) is 0 Å². The van der Waals surface area contributed by atoms with Gasteiger partial charge in [0.25, 0.3) is 0 Å². The van der Waals surface area contributed by atoms with Gasteiger partial charge in [0.15, 0.2) is 5.96 Å². The maximum absolute atomic E-state index is 4.28. The van der Waals surface area contributed by atoms with Crippen LogP contribution in [0.25, 0.3) is 0 Å². The Morgan fingerprint density at radius 3 is 2.48 bits per heavy atom. The predicted octanol–water partition coefficient (Wildman–Crippen LogP) is 2.50. The Kier molecular flexibility index (Phi) is 9.04. The molecule has 6 heteroatoms. The molecule has 2 N–H and O–H groups in total. The zero-order valence-corrected chi connectivity index (χ0v) is 15.9. The van der Waals surface area contributed by atoms with E-state index < -0.39 is 0 Å². The van der Waals surface area contributed by atoms with Crippen LogP contribution in [0.5, 0.6) is 0 Å². The summed E-state index contributed by atoms with van der Waals surface area (Å²) in [6.07, 6.45) is 1.79. The Bertz CT molecular complexity index is 574. The smallest absolute Gasteiger partial charge is 0.191 e. The normalized spacial score (nSPS) is 10.6. The van der Waals surface area contributed by atoms with Crippen LogP contribution >= 0.6 is 24.0 Å². The SMILES string of the molecule is CN=C(NCCN(C)c1ccccc1)NCc1ccccn1.I. The summed E-state index contributed by atoms with van der Waals surface area (Å²) in [5.41, 5.74) is 2.20. The number of pyridine rings is 1. The predicted molar refractivity (Wildman–Crippen MR) is 108 cm³/mol. The average molecular weight is 425 g/mol. The molecule has 0 fully saturated rings. The summed E-state index contributed by atoms with van der Waals surface area (Å²) in [4.78, 5) is 10.7. The average Bonchev–Trinajstić information content (AvgIpc) is 2.59. The number of likely N-dealkylation sites (N-methyl/N-ethyl adjacent to an activating group) is 1. The Hall–Kier alpha value is -1.83. The topological polar surface area (TPSA) is 52.6 Å². The van der Waals surface area contributed by atoms with Crippen LogP contribution in [0.15, 0.2) is 59.7 Å². The highest BCUT2D eigenvalue weighted by molar-refractivity contribution is 14.0. The van der Waals surface area contributed by atoms with Crippen molar-refractivity contribution in [3.05, 3.63) is 60.4 Å². The molecule has 0 atom stereocenters. The number of benzene rings is 1. The minimum absolute atomic E-state index is 0. The summed E-state index contributed by atoms with van der Waals surface area (Å²) in [5, 5.41) is 6.57. The van der Waals surface area contributed by atoms with E-state index in [1.54, 1.807) is 13.2 Å². The van der Waals surface area contributed by atoms with Crippen LogP contribution < -0.4 is 15.5 Å². The van der Waals surface area contributed by atoms with E-state index in [1.807, 2.05) is 36.4 Å². The van der Waals surface area contributed by atoms with Gasteiger partial charge in [-0.15, -0.1) is 24.0 Å². The first kappa shape index (κ1) is 19.2. The van der Waals surface area contributed by atoms with Crippen molar-refractivity contribution in [1.82, 2.24) is 15.6 Å². The van der Waals surface area contributed by atoms with Crippen molar-refractivity contribution in [1.29, 1.82) is 0 Å². The Morgan fingerprint density at radius 2 is 1.83 bits per heavy atom. The number of hydrogen-bond acceptors (Lipinski definition) is 3. The molecule has 1 aromatic carbocycles. The molecule has 0 bridgehead atoms. The van der Waals surface area contributed by atoms with Crippen LogP contribution in [0.1, 0.15) is 5.69 Å². The zero-order valence-electron chi connectivity index (χ0n) is 13.6. The lowest BCUT2D eigenvalue weighted by molar-refractivity contribution is 0.770. The Morgan fingerprint density at radius 1 is 1.09 bits per heavy atom. The maximum atomic E-state index is 4.28. The summed E-state index contributed by atoms with van der Waals surface area (Å²) in [6.45, 7) is 2.37. The number of anilines is 1. The van der Waals surface area contributed by atoms with Gasteiger partial charge in [0, 0.05) is 39.1 Å². The van der Waals surface area contributed by atoms with Crippen molar-refractivity contribution in [2.45, 2.75) is 6.54 Å². The molecule has 124 valence electrons. The number of para-hydroxylation sites is 1. The van der Waals surface area contributed by atoms with Crippen molar-refractivity contribution in [2.24, 2.45) is 4.99 Å². The second-order valence-electron chi connectivity index (χ2n) is 4.93. The molecule has 1 heterocycles. The summed E-state index contributed by atoms with van der Waals surface area (Å²) < 4.78 is 0. The van der Waals surface area contributed by atoms with Gasteiger partial charge in [-0.25, -0.2) is 0 Å². The molecule has 0 amide bonds. The summed E-state index contributed by atoms with van der Waals surface area (Å²) in [7, 11) is 3.86. The molecule has 0 aliphatic heterocycles. The molecule has 0 aliphatic carbocycles. The largest absolute Gasteiger partial charge is 0.373 e. The number of rotatable bonds is 6. The van der Waals surface area contributed by atoms with E-state index in [-0.39, 0.29) is 24.0 Å².